The van der Waals surface area contributed by atoms with Crippen LogP contribution >= 0.6 is 0 Å². The maximum atomic E-state index is 10.6. The SMILES string of the molecule is CCCCCC=CN(C=CCCCCC)c1ccc(N(N=O)N=O)cc1. The standard InChI is InChI=1S/C20H30N4O2/c1-3-5-7-9-11-17-23(18-12-10-8-6-4-2)19-13-15-20(16-14-19)24(21-25)22-26/h11-18H,3-10H2,1-2H3. The van der Waals surface area contributed by atoms with Gasteiger partial charge in [-0.3, -0.25) is 0 Å². The Balaban J connectivity index is 2.81. The maximum absolute atomic E-state index is 10.6. The van der Waals surface area contributed by atoms with Crippen LogP contribution in [0.25, 0.3) is 0 Å². The van der Waals surface area contributed by atoms with Gasteiger partial charge in [-0.15, -0.1) is 9.81 Å². The number of nitroso groups, excluding NO2 is 2. The van der Waals surface area contributed by atoms with Crippen LogP contribution in [0.3, 0.4) is 0 Å². The van der Waals surface area contributed by atoms with Gasteiger partial charge in [0.15, 0.2) is 0 Å². The Labute approximate surface area is 156 Å². The highest BCUT2D eigenvalue weighted by atomic mass is 16.4. The molecule has 0 aliphatic heterocycles. The fourth-order valence-electron chi connectivity index (χ4n) is 2.49. The molecule has 0 atom stereocenters. The summed E-state index contributed by atoms with van der Waals surface area (Å²) in [5.41, 5.74) is 1.29. The average Bonchev–Trinajstić information content (AvgIpc) is 2.67. The van der Waals surface area contributed by atoms with Gasteiger partial charge in [-0.05, 0) is 49.9 Å². The highest BCUT2D eigenvalue weighted by molar-refractivity contribution is 5.58. The molecule has 0 heterocycles. The van der Waals surface area contributed by atoms with Gasteiger partial charge in [0, 0.05) is 18.1 Å². The van der Waals surface area contributed by atoms with E-state index >= 15 is 0 Å². The molecule has 0 aliphatic rings. The van der Waals surface area contributed by atoms with Crippen LogP contribution in [0.4, 0.5) is 11.4 Å². The minimum atomic E-state index is 0.345. The van der Waals surface area contributed by atoms with E-state index in [1.807, 2.05) is 12.1 Å². The molecule has 0 amide bonds. The Morgan fingerprint density at radius 3 is 1.65 bits per heavy atom. The molecule has 1 rings (SSSR count). The normalized spacial score (nSPS) is 11.2. The number of hydrogen-bond donors (Lipinski definition) is 0. The molecule has 26 heavy (non-hydrogen) atoms. The van der Waals surface area contributed by atoms with Crippen LogP contribution in [0.5, 0.6) is 0 Å². The van der Waals surface area contributed by atoms with E-state index in [1.54, 1.807) is 12.1 Å². The fraction of sp³-hybridized carbons (Fsp3) is 0.500. The molecule has 1 aromatic rings. The van der Waals surface area contributed by atoms with Gasteiger partial charge in [0.1, 0.15) is 0 Å². The van der Waals surface area contributed by atoms with Gasteiger partial charge in [0.05, 0.1) is 16.3 Å². The van der Waals surface area contributed by atoms with E-state index < -0.39 is 0 Å². The molecule has 0 spiro atoms. The Morgan fingerprint density at radius 2 is 1.23 bits per heavy atom. The number of benzene rings is 1. The summed E-state index contributed by atoms with van der Waals surface area (Å²) in [6, 6.07) is 6.98. The van der Waals surface area contributed by atoms with E-state index in [4.69, 9.17) is 0 Å². The average molecular weight is 358 g/mol. The number of allylic oxidation sites excluding steroid dienone is 2. The van der Waals surface area contributed by atoms with Crippen LogP contribution in [0.1, 0.15) is 65.2 Å². The summed E-state index contributed by atoms with van der Waals surface area (Å²) in [7, 11) is 0. The summed E-state index contributed by atoms with van der Waals surface area (Å²) in [5, 5.41) is 5.66. The summed E-state index contributed by atoms with van der Waals surface area (Å²) in [5.74, 6) is 0. The van der Waals surface area contributed by atoms with Crippen molar-refractivity contribution in [3.05, 3.63) is 58.6 Å². The third kappa shape index (κ3) is 8.05. The number of anilines is 2. The molecule has 0 fully saturated rings. The van der Waals surface area contributed by atoms with Crippen LogP contribution < -0.4 is 10.0 Å². The predicted octanol–water partition coefficient (Wildman–Crippen LogP) is 6.85. The smallest absolute Gasteiger partial charge is 0.0924 e. The Bertz CT molecular complexity index is 542. The molecule has 0 bridgehead atoms. The van der Waals surface area contributed by atoms with Crippen molar-refractivity contribution in [3.8, 4) is 0 Å². The molecule has 1 aromatic carbocycles. The van der Waals surface area contributed by atoms with Crippen LogP contribution in [-0.2, 0) is 0 Å². The highest BCUT2D eigenvalue weighted by Crippen LogP contribution is 2.22. The zero-order chi connectivity index (χ0) is 19.0. The second-order valence-corrected chi connectivity index (χ2v) is 6.14. The molecule has 0 saturated carbocycles. The van der Waals surface area contributed by atoms with Gasteiger partial charge in [-0.25, -0.2) is 0 Å². The van der Waals surface area contributed by atoms with E-state index in [1.165, 1.54) is 38.5 Å². The first kappa shape index (κ1) is 21.5. The van der Waals surface area contributed by atoms with Crippen molar-refractivity contribution in [2.75, 3.05) is 10.0 Å². The summed E-state index contributed by atoms with van der Waals surface area (Å²) < 4.78 is 0. The molecule has 0 unspecified atom stereocenters. The van der Waals surface area contributed by atoms with Crippen molar-refractivity contribution in [1.29, 1.82) is 0 Å². The summed E-state index contributed by atoms with van der Waals surface area (Å²) in [4.78, 5) is 23.2. The monoisotopic (exact) mass is 358 g/mol. The predicted molar refractivity (Wildman–Crippen MR) is 110 cm³/mol. The molecule has 0 saturated heterocycles. The number of hydrogen-bond acceptors (Lipinski definition) is 5. The second kappa shape index (κ2) is 13.8. The van der Waals surface area contributed by atoms with Gasteiger partial charge in [0.25, 0.3) is 0 Å². The molecule has 0 aromatic heterocycles. The van der Waals surface area contributed by atoms with Gasteiger partial charge in [-0.2, -0.15) is 0 Å². The molecule has 6 nitrogen and oxygen atoms in total. The van der Waals surface area contributed by atoms with Gasteiger partial charge in [0.2, 0.25) is 0 Å². The quantitative estimate of drug-likeness (QED) is 0.207. The molecule has 142 valence electrons. The van der Waals surface area contributed by atoms with Crippen LogP contribution in [-0.4, -0.2) is 0 Å². The second-order valence-electron chi connectivity index (χ2n) is 6.14. The topological polar surface area (TPSA) is 65.3 Å². The third-order valence-electron chi connectivity index (χ3n) is 4.01. The maximum Gasteiger partial charge on any atom is 0.0924 e. The molecule has 6 heteroatoms. The first-order chi connectivity index (χ1) is 12.8. The van der Waals surface area contributed by atoms with Crippen LogP contribution in [0, 0.1) is 9.81 Å². The lowest BCUT2D eigenvalue weighted by Crippen LogP contribution is -2.08. The summed E-state index contributed by atoms with van der Waals surface area (Å²) >= 11 is 0. The summed E-state index contributed by atoms with van der Waals surface area (Å²) in [6.45, 7) is 4.39. The first-order valence-electron chi connectivity index (χ1n) is 9.45. The third-order valence-corrected chi connectivity index (χ3v) is 4.01. The van der Waals surface area contributed by atoms with Crippen molar-refractivity contribution in [2.45, 2.75) is 65.2 Å². The number of rotatable bonds is 14. The molecule has 0 aliphatic carbocycles. The van der Waals surface area contributed by atoms with E-state index in [0.29, 0.717) is 10.8 Å². The van der Waals surface area contributed by atoms with E-state index in [9.17, 15) is 9.81 Å². The van der Waals surface area contributed by atoms with Crippen molar-refractivity contribution >= 4 is 11.4 Å². The largest absolute Gasteiger partial charge is 0.325 e. The summed E-state index contributed by atoms with van der Waals surface area (Å²) in [6.07, 6.45) is 17.8. The van der Waals surface area contributed by atoms with Gasteiger partial charge in [-0.1, -0.05) is 56.8 Å². The number of nitrogens with zero attached hydrogens (tertiary/aromatic N) is 4. The van der Waals surface area contributed by atoms with Crippen molar-refractivity contribution < 1.29 is 0 Å². The highest BCUT2D eigenvalue weighted by Gasteiger charge is 2.07. The van der Waals surface area contributed by atoms with Crippen LogP contribution in [0.2, 0.25) is 0 Å². The first-order valence-corrected chi connectivity index (χ1v) is 9.45. The minimum Gasteiger partial charge on any atom is -0.325 e. The molecular weight excluding hydrogens is 328 g/mol. The van der Waals surface area contributed by atoms with Gasteiger partial charge >= 0.3 is 0 Å². The Kier molecular flexibility index (Phi) is 11.4. The minimum absolute atomic E-state index is 0.345. The fourth-order valence-corrected chi connectivity index (χ4v) is 2.49. The molecule has 0 radical (unpaired) electrons. The van der Waals surface area contributed by atoms with Crippen LogP contribution in [0.15, 0.2) is 59.4 Å². The van der Waals surface area contributed by atoms with E-state index in [0.717, 1.165) is 18.5 Å². The zero-order valence-electron chi connectivity index (χ0n) is 15.9. The lowest BCUT2D eigenvalue weighted by Gasteiger charge is -2.17. The Morgan fingerprint density at radius 1 is 0.769 bits per heavy atom. The molecular formula is C20H30N4O2. The van der Waals surface area contributed by atoms with Crippen molar-refractivity contribution in [1.82, 2.24) is 0 Å². The Hall–Kier alpha value is -2.50. The van der Waals surface area contributed by atoms with E-state index in [2.05, 4.69) is 53.9 Å². The van der Waals surface area contributed by atoms with Crippen molar-refractivity contribution in [2.24, 2.45) is 10.6 Å². The zero-order valence-corrected chi connectivity index (χ0v) is 15.9. The van der Waals surface area contributed by atoms with Crippen molar-refractivity contribution in [3.63, 3.8) is 0 Å². The molecule has 0 N–H and O–H groups in total. The number of unbranched alkanes of at least 4 members (excludes halogenated alkanes) is 6. The van der Waals surface area contributed by atoms with Gasteiger partial charge < -0.3 is 4.90 Å². The van der Waals surface area contributed by atoms with E-state index in [-0.39, 0.29) is 0 Å². The lowest BCUT2D eigenvalue weighted by molar-refractivity contribution is 0.727. The lowest BCUT2D eigenvalue weighted by atomic mass is 10.2.